The Hall–Kier alpha value is -3.87. The van der Waals surface area contributed by atoms with Crippen molar-refractivity contribution in [3.05, 3.63) is 102 Å². The molecule has 7 heteroatoms. The number of anilines is 2. The minimum Gasteiger partial charge on any atom is -0.266 e. The fourth-order valence-corrected chi connectivity index (χ4v) is 3.18. The molecule has 30 heavy (non-hydrogen) atoms. The molecule has 1 aliphatic rings. The largest absolute Gasteiger partial charge is 0.416 e. The first-order chi connectivity index (χ1) is 14.4. The van der Waals surface area contributed by atoms with Crippen LogP contribution < -0.4 is 9.80 Å². The molecule has 150 valence electrons. The van der Waals surface area contributed by atoms with Gasteiger partial charge in [-0.25, -0.2) is 9.69 Å². The van der Waals surface area contributed by atoms with Crippen LogP contribution in [-0.4, -0.2) is 11.9 Å². The molecule has 3 aromatic carbocycles. The zero-order valence-electron chi connectivity index (χ0n) is 15.5. The molecule has 0 aromatic heterocycles. The Labute approximate surface area is 170 Å². The monoisotopic (exact) mass is 408 g/mol. The van der Waals surface area contributed by atoms with E-state index < -0.39 is 23.7 Å². The minimum absolute atomic E-state index is 0.0508. The molecule has 0 bridgehead atoms. The molecule has 1 heterocycles. The third kappa shape index (κ3) is 3.57. The molecule has 4 rings (SSSR count). The first-order valence-corrected chi connectivity index (χ1v) is 9.04. The number of hydrogen-bond acceptors (Lipinski definition) is 2. The van der Waals surface area contributed by atoms with Gasteiger partial charge in [0.1, 0.15) is 5.70 Å². The van der Waals surface area contributed by atoms with E-state index in [1.54, 1.807) is 60.7 Å². The van der Waals surface area contributed by atoms with E-state index in [4.69, 9.17) is 0 Å². The van der Waals surface area contributed by atoms with E-state index in [0.717, 1.165) is 17.0 Å². The lowest BCUT2D eigenvalue weighted by molar-refractivity contribution is -0.137. The molecule has 0 aliphatic carbocycles. The van der Waals surface area contributed by atoms with E-state index in [1.165, 1.54) is 23.1 Å². The highest BCUT2D eigenvalue weighted by Crippen LogP contribution is 2.34. The van der Waals surface area contributed by atoms with E-state index in [0.29, 0.717) is 16.9 Å². The van der Waals surface area contributed by atoms with Crippen molar-refractivity contribution in [1.82, 2.24) is 0 Å². The number of carbonyl (C=O) groups is 2. The van der Waals surface area contributed by atoms with Crippen LogP contribution in [0.4, 0.5) is 29.3 Å². The topological polar surface area (TPSA) is 40.6 Å². The first kappa shape index (κ1) is 19.4. The first-order valence-electron chi connectivity index (χ1n) is 9.04. The highest BCUT2D eigenvalue weighted by molar-refractivity contribution is 6.35. The van der Waals surface area contributed by atoms with Gasteiger partial charge in [-0.2, -0.15) is 13.2 Å². The second kappa shape index (κ2) is 7.51. The fraction of sp³-hybridized carbons (Fsp3) is 0.0435. The summed E-state index contributed by atoms with van der Waals surface area (Å²) in [7, 11) is 0. The van der Waals surface area contributed by atoms with Crippen LogP contribution in [0.3, 0.4) is 0 Å². The van der Waals surface area contributed by atoms with Crippen LogP contribution in [0.2, 0.25) is 0 Å². The fourth-order valence-electron chi connectivity index (χ4n) is 3.18. The smallest absolute Gasteiger partial charge is 0.266 e. The Morgan fingerprint density at radius 2 is 1.17 bits per heavy atom. The van der Waals surface area contributed by atoms with Crippen LogP contribution in [0.1, 0.15) is 11.1 Å². The van der Waals surface area contributed by atoms with Gasteiger partial charge in [0.25, 0.3) is 5.91 Å². The third-order valence-electron chi connectivity index (χ3n) is 4.62. The number of nitrogens with zero attached hydrogens (tertiary/aromatic N) is 2. The second-order valence-corrected chi connectivity index (χ2v) is 6.58. The van der Waals surface area contributed by atoms with Crippen LogP contribution >= 0.6 is 0 Å². The van der Waals surface area contributed by atoms with E-state index in [-0.39, 0.29) is 5.70 Å². The molecule has 1 saturated heterocycles. The van der Waals surface area contributed by atoms with Gasteiger partial charge in [-0.15, -0.1) is 0 Å². The summed E-state index contributed by atoms with van der Waals surface area (Å²) in [4.78, 5) is 28.6. The maximum absolute atomic E-state index is 13.1. The third-order valence-corrected chi connectivity index (χ3v) is 4.62. The number of hydrogen-bond donors (Lipinski definition) is 0. The molecule has 1 aliphatic heterocycles. The van der Waals surface area contributed by atoms with Crippen LogP contribution in [0, 0.1) is 0 Å². The van der Waals surface area contributed by atoms with Gasteiger partial charge in [0.15, 0.2) is 0 Å². The summed E-state index contributed by atoms with van der Waals surface area (Å²) in [5.74, 6) is -0.560. The lowest BCUT2D eigenvalue weighted by Crippen LogP contribution is -2.32. The second-order valence-electron chi connectivity index (χ2n) is 6.58. The standard InChI is InChI=1S/C23H15F3N2O2/c24-23(25,26)17-13-11-16(12-14-17)15-20-21(29)28(19-9-5-2-6-10-19)22(30)27(20)18-7-3-1-4-8-18/h1-15H/b20-15+. The summed E-state index contributed by atoms with van der Waals surface area (Å²) in [5, 5.41) is 0. The number of para-hydroxylation sites is 2. The molecule has 0 saturated carbocycles. The summed E-state index contributed by atoms with van der Waals surface area (Å²) in [6, 6.07) is 20.9. The zero-order valence-corrected chi connectivity index (χ0v) is 15.5. The van der Waals surface area contributed by atoms with Crippen molar-refractivity contribution < 1.29 is 22.8 Å². The van der Waals surface area contributed by atoms with Gasteiger partial charge in [0, 0.05) is 0 Å². The lowest BCUT2D eigenvalue weighted by Gasteiger charge is -2.17. The molecule has 3 amide bonds. The van der Waals surface area contributed by atoms with Crippen molar-refractivity contribution in [2.24, 2.45) is 0 Å². The molecular weight excluding hydrogens is 393 g/mol. The summed E-state index contributed by atoms with van der Waals surface area (Å²) in [6.07, 6.45) is -3.04. The van der Waals surface area contributed by atoms with Crippen molar-refractivity contribution in [3.63, 3.8) is 0 Å². The van der Waals surface area contributed by atoms with E-state index in [2.05, 4.69) is 0 Å². The van der Waals surface area contributed by atoms with Gasteiger partial charge in [0.2, 0.25) is 0 Å². The normalized spacial score (nSPS) is 15.9. The van der Waals surface area contributed by atoms with Gasteiger partial charge < -0.3 is 0 Å². The Bertz CT molecular complexity index is 1110. The highest BCUT2D eigenvalue weighted by Gasteiger charge is 2.42. The zero-order chi connectivity index (χ0) is 21.3. The molecule has 1 fully saturated rings. The van der Waals surface area contributed by atoms with Gasteiger partial charge in [-0.05, 0) is 48.0 Å². The SMILES string of the molecule is O=C1/C(=C\c2ccc(C(F)(F)F)cc2)N(c2ccccc2)C(=O)N1c1ccccc1. The molecule has 0 atom stereocenters. The van der Waals surface area contributed by atoms with E-state index in [9.17, 15) is 22.8 Å². The molecule has 0 unspecified atom stereocenters. The van der Waals surface area contributed by atoms with Gasteiger partial charge >= 0.3 is 12.2 Å². The van der Waals surface area contributed by atoms with Gasteiger partial charge in [-0.1, -0.05) is 48.5 Å². The quantitative estimate of drug-likeness (QED) is 0.411. The molecular formula is C23H15F3N2O2. The van der Waals surface area contributed by atoms with Crippen molar-refractivity contribution in [3.8, 4) is 0 Å². The van der Waals surface area contributed by atoms with Crippen LogP contribution in [-0.2, 0) is 11.0 Å². The number of urea groups is 1. The molecule has 3 aromatic rings. The molecule has 4 nitrogen and oxygen atoms in total. The molecule has 0 radical (unpaired) electrons. The summed E-state index contributed by atoms with van der Waals surface area (Å²) < 4.78 is 38.5. The summed E-state index contributed by atoms with van der Waals surface area (Å²) in [5.41, 5.74) is 0.519. The van der Waals surface area contributed by atoms with Crippen LogP contribution in [0.5, 0.6) is 0 Å². The van der Waals surface area contributed by atoms with E-state index in [1.807, 2.05) is 0 Å². The van der Waals surface area contributed by atoms with Gasteiger partial charge in [-0.3, -0.25) is 9.69 Å². The maximum Gasteiger partial charge on any atom is 0.416 e. The van der Waals surface area contributed by atoms with Crippen molar-refractivity contribution in [2.45, 2.75) is 6.18 Å². The number of alkyl halides is 3. The Morgan fingerprint density at radius 3 is 1.67 bits per heavy atom. The Morgan fingerprint density at radius 1 is 0.667 bits per heavy atom. The maximum atomic E-state index is 13.1. The predicted molar refractivity (Wildman–Crippen MR) is 108 cm³/mol. The number of halogens is 3. The predicted octanol–water partition coefficient (Wildman–Crippen LogP) is 5.72. The molecule has 0 N–H and O–H groups in total. The van der Waals surface area contributed by atoms with Crippen LogP contribution in [0.15, 0.2) is 90.6 Å². The number of benzene rings is 3. The van der Waals surface area contributed by atoms with E-state index >= 15 is 0 Å². The summed E-state index contributed by atoms with van der Waals surface area (Å²) in [6.45, 7) is 0. The Balaban J connectivity index is 1.79. The minimum atomic E-state index is -4.45. The van der Waals surface area contributed by atoms with Gasteiger partial charge in [0.05, 0.1) is 16.9 Å². The number of carbonyl (C=O) groups excluding carboxylic acids is 2. The van der Waals surface area contributed by atoms with Crippen LogP contribution in [0.25, 0.3) is 6.08 Å². The highest BCUT2D eigenvalue weighted by atomic mass is 19.4. The van der Waals surface area contributed by atoms with Crippen molar-refractivity contribution in [2.75, 3.05) is 9.80 Å². The Kier molecular flexibility index (Phi) is 4.87. The average Bonchev–Trinajstić information content (AvgIpc) is 2.98. The number of amides is 3. The molecule has 0 spiro atoms. The van der Waals surface area contributed by atoms with Crippen molar-refractivity contribution >= 4 is 29.4 Å². The summed E-state index contributed by atoms with van der Waals surface area (Å²) >= 11 is 0. The van der Waals surface area contributed by atoms with Crippen molar-refractivity contribution in [1.29, 1.82) is 0 Å². The number of rotatable bonds is 3. The average molecular weight is 408 g/mol. The lowest BCUT2D eigenvalue weighted by atomic mass is 10.1. The number of imide groups is 1.